The molecule has 2 N–H and O–H groups in total. The minimum absolute atomic E-state index is 0.159. The summed E-state index contributed by atoms with van der Waals surface area (Å²) in [6, 6.07) is 14.5. The average molecular weight is 495 g/mol. The number of furan rings is 1. The molecule has 2 aromatic heterocycles. The summed E-state index contributed by atoms with van der Waals surface area (Å²) in [5, 5.41) is 18.9. The number of nitrogens with zero attached hydrogens (tertiary/aromatic N) is 2. The van der Waals surface area contributed by atoms with E-state index in [1.165, 1.54) is 35.4 Å². The highest BCUT2D eigenvalue weighted by Gasteiger charge is 2.19. The van der Waals surface area contributed by atoms with Gasteiger partial charge in [0.2, 0.25) is 0 Å². The molecule has 2 aromatic carbocycles. The number of aromatic nitrogens is 1. The van der Waals surface area contributed by atoms with Gasteiger partial charge in [-0.3, -0.25) is 19.7 Å². The molecule has 9 nitrogen and oxygen atoms in total. The van der Waals surface area contributed by atoms with Gasteiger partial charge in [0.15, 0.2) is 10.1 Å². The number of rotatable bonds is 8. The van der Waals surface area contributed by atoms with E-state index in [1.807, 2.05) is 12.3 Å². The van der Waals surface area contributed by atoms with E-state index in [-0.39, 0.29) is 29.5 Å². The lowest BCUT2D eigenvalue weighted by Crippen LogP contribution is -2.23. The molecular formula is C23H18N4O5S2. The second-order valence-electron chi connectivity index (χ2n) is 7.11. The van der Waals surface area contributed by atoms with Crippen LogP contribution in [0.4, 0.5) is 11.4 Å². The number of benzene rings is 2. The van der Waals surface area contributed by atoms with Gasteiger partial charge in [-0.2, -0.15) is 0 Å². The van der Waals surface area contributed by atoms with Crippen LogP contribution in [0.3, 0.4) is 0 Å². The van der Waals surface area contributed by atoms with Crippen LogP contribution in [0.1, 0.15) is 32.2 Å². The summed E-state index contributed by atoms with van der Waals surface area (Å²) < 4.78 is 5.76. The fourth-order valence-electron chi connectivity index (χ4n) is 3.00. The standard InChI is InChI=1S/C23H18N4O5S2/c1-14-13-33-23(25-14)34-20-8-7-16(11-18(20)27(30)31)21(28)24-12-15-4-2-5-17(10-15)26-22(29)19-6-3-9-32-19/h2-11,13H,12H2,1H3,(H,24,28)(H,26,29). The summed E-state index contributed by atoms with van der Waals surface area (Å²) in [5.74, 6) is -0.647. The Hall–Kier alpha value is -3.96. The molecule has 0 fully saturated rings. The van der Waals surface area contributed by atoms with Crippen molar-refractivity contribution in [1.82, 2.24) is 10.3 Å². The van der Waals surface area contributed by atoms with Crippen molar-refractivity contribution in [2.45, 2.75) is 22.7 Å². The number of nitro groups is 1. The molecule has 2 heterocycles. The van der Waals surface area contributed by atoms with Gasteiger partial charge in [-0.1, -0.05) is 23.9 Å². The number of carbonyl (C=O) groups excluding carboxylic acids is 2. The predicted octanol–water partition coefficient (Wildman–Crippen LogP) is 5.29. The number of hydrogen-bond acceptors (Lipinski definition) is 8. The second kappa shape index (κ2) is 10.3. The van der Waals surface area contributed by atoms with Gasteiger partial charge in [0.1, 0.15) is 0 Å². The van der Waals surface area contributed by atoms with E-state index in [2.05, 4.69) is 15.6 Å². The van der Waals surface area contributed by atoms with Gasteiger partial charge < -0.3 is 15.1 Å². The second-order valence-corrected chi connectivity index (χ2v) is 9.26. The van der Waals surface area contributed by atoms with Crippen molar-refractivity contribution in [3.8, 4) is 0 Å². The number of thiazole rings is 1. The van der Waals surface area contributed by atoms with Crippen LogP contribution in [0.5, 0.6) is 0 Å². The van der Waals surface area contributed by atoms with E-state index >= 15 is 0 Å². The number of amides is 2. The Morgan fingerprint density at radius 3 is 2.71 bits per heavy atom. The van der Waals surface area contributed by atoms with Gasteiger partial charge >= 0.3 is 0 Å². The monoisotopic (exact) mass is 494 g/mol. The molecule has 172 valence electrons. The first-order chi connectivity index (χ1) is 16.4. The zero-order chi connectivity index (χ0) is 24.1. The Morgan fingerprint density at radius 1 is 1.15 bits per heavy atom. The molecular weight excluding hydrogens is 476 g/mol. The van der Waals surface area contributed by atoms with E-state index in [0.717, 1.165) is 11.3 Å². The lowest BCUT2D eigenvalue weighted by Gasteiger charge is -2.09. The maximum Gasteiger partial charge on any atom is 0.291 e. The van der Waals surface area contributed by atoms with Crippen LogP contribution >= 0.6 is 23.1 Å². The van der Waals surface area contributed by atoms with Crippen LogP contribution < -0.4 is 10.6 Å². The molecule has 0 aliphatic heterocycles. The molecule has 0 unspecified atom stereocenters. The first-order valence-electron chi connectivity index (χ1n) is 9.99. The summed E-state index contributed by atoms with van der Waals surface area (Å²) in [7, 11) is 0. The van der Waals surface area contributed by atoms with Gasteiger partial charge in [0.25, 0.3) is 17.5 Å². The number of carbonyl (C=O) groups is 2. The molecule has 11 heteroatoms. The molecule has 0 radical (unpaired) electrons. The molecule has 4 aromatic rings. The van der Waals surface area contributed by atoms with E-state index in [9.17, 15) is 19.7 Å². The number of anilines is 1. The number of hydrogen-bond donors (Lipinski definition) is 2. The maximum absolute atomic E-state index is 12.7. The average Bonchev–Trinajstić information content (AvgIpc) is 3.50. The Labute approximate surface area is 202 Å². The minimum atomic E-state index is -0.509. The van der Waals surface area contributed by atoms with Crippen LogP contribution in [0.2, 0.25) is 0 Å². The molecule has 0 saturated heterocycles. The number of nitrogens with one attached hydrogen (secondary N) is 2. The zero-order valence-electron chi connectivity index (χ0n) is 17.8. The lowest BCUT2D eigenvalue weighted by molar-refractivity contribution is -0.387. The number of aryl methyl sites for hydroxylation is 1. The SMILES string of the molecule is Cc1csc(Sc2ccc(C(=O)NCc3cccc(NC(=O)c4ccco4)c3)cc2[N+](=O)[O-])n1. The third kappa shape index (κ3) is 5.69. The minimum Gasteiger partial charge on any atom is -0.459 e. The quantitative estimate of drug-likeness (QED) is 0.252. The normalized spacial score (nSPS) is 10.6. The van der Waals surface area contributed by atoms with Gasteiger partial charge in [-0.15, -0.1) is 11.3 Å². The first kappa shape index (κ1) is 23.2. The molecule has 0 saturated carbocycles. The van der Waals surface area contributed by atoms with Crippen molar-refractivity contribution < 1.29 is 18.9 Å². The third-order valence-corrected chi connectivity index (χ3v) is 6.72. The number of nitro benzene ring substituents is 1. The highest BCUT2D eigenvalue weighted by molar-refractivity contribution is 8.01. The largest absolute Gasteiger partial charge is 0.459 e. The van der Waals surface area contributed by atoms with E-state index in [0.29, 0.717) is 14.9 Å². The van der Waals surface area contributed by atoms with Crippen LogP contribution in [-0.2, 0) is 6.54 Å². The molecule has 0 aliphatic carbocycles. The Kier molecular flexibility index (Phi) is 7.04. The summed E-state index contributed by atoms with van der Waals surface area (Å²) in [6.07, 6.45) is 1.41. The summed E-state index contributed by atoms with van der Waals surface area (Å²) in [4.78, 5) is 40.6. The Balaban J connectivity index is 1.42. The third-order valence-electron chi connectivity index (χ3n) is 4.60. The molecule has 0 aliphatic rings. The topological polar surface area (TPSA) is 127 Å². The van der Waals surface area contributed by atoms with Crippen LogP contribution in [0, 0.1) is 17.0 Å². The maximum atomic E-state index is 12.7. The van der Waals surface area contributed by atoms with Crippen molar-refractivity contribution in [2.75, 3.05) is 5.32 Å². The summed E-state index contributed by atoms with van der Waals surface area (Å²) in [5.41, 5.74) is 2.14. The van der Waals surface area contributed by atoms with Crippen molar-refractivity contribution in [3.05, 3.63) is 98.9 Å². The predicted molar refractivity (Wildman–Crippen MR) is 128 cm³/mol. The van der Waals surface area contributed by atoms with Crippen LogP contribution in [0.25, 0.3) is 0 Å². The molecule has 0 spiro atoms. The molecule has 34 heavy (non-hydrogen) atoms. The molecule has 4 rings (SSSR count). The molecule has 2 amide bonds. The fraction of sp³-hybridized carbons (Fsp3) is 0.0870. The first-order valence-corrected chi connectivity index (χ1v) is 11.7. The van der Waals surface area contributed by atoms with Crippen LogP contribution in [0.15, 0.2) is 79.9 Å². The van der Waals surface area contributed by atoms with E-state index in [1.54, 1.807) is 48.5 Å². The molecule has 0 bridgehead atoms. The van der Waals surface area contributed by atoms with Gasteiger partial charge in [-0.05, 0) is 48.9 Å². The van der Waals surface area contributed by atoms with Gasteiger partial charge in [0, 0.05) is 34.9 Å². The molecule has 0 atom stereocenters. The van der Waals surface area contributed by atoms with Crippen molar-refractivity contribution in [3.63, 3.8) is 0 Å². The highest BCUT2D eigenvalue weighted by atomic mass is 32.2. The van der Waals surface area contributed by atoms with E-state index in [4.69, 9.17) is 4.42 Å². The Morgan fingerprint density at radius 2 is 2.00 bits per heavy atom. The Bertz CT molecular complexity index is 1350. The summed E-state index contributed by atoms with van der Waals surface area (Å²) >= 11 is 2.60. The van der Waals surface area contributed by atoms with Gasteiger partial charge in [-0.25, -0.2) is 4.98 Å². The van der Waals surface area contributed by atoms with Crippen molar-refractivity contribution in [1.29, 1.82) is 0 Å². The van der Waals surface area contributed by atoms with Crippen LogP contribution in [-0.4, -0.2) is 21.7 Å². The lowest BCUT2D eigenvalue weighted by atomic mass is 10.1. The van der Waals surface area contributed by atoms with Crippen molar-refractivity contribution in [2.24, 2.45) is 0 Å². The van der Waals surface area contributed by atoms with E-state index < -0.39 is 10.8 Å². The summed E-state index contributed by atoms with van der Waals surface area (Å²) in [6.45, 7) is 2.02. The van der Waals surface area contributed by atoms with Gasteiger partial charge in [0.05, 0.1) is 16.1 Å². The highest BCUT2D eigenvalue weighted by Crippen LogP contribution is 2.36. The zero-order valence-corrected chi connectivity index (χ0v) is 19.4. The van der Waals surface area contributed by atoms with Crippen molar-refractivity contribution >= 4 is 46.3 Å². The fourth-order valence-corrected chi connectivity index (χ4v) is 4.88. The smallest absolute Gasteiger partial charge is 0.291 e.